The summed E-state index contributed by atoms with van der Waals surface area (Å²) in [6.07, 6.45) is -1.55. The zero-order valence-electron chi connectivity index (χ0n) is 29.1. The number of hydrogen-bond donors (Lipinski definition) is 2. The van der Waals surface area contributed by atoms with Crippen molar-refractivity contribution in [2.24, 2.45) is 0 Å². The average Bonchev–Trinajstić information content (AvgIpc) is 3.44. The highest BCUT2D eigenvalue weighted by Gasteiger charge is 2.55. The smallest absolute Gasteiger partial charge is 0.330 e. The second-order valence-corrected chi connectivity index (χ2v) is 25.1. The number of hydrogen-bond acceptors (Lipinski definition) is 7. The van der Waals surface area contributed by atoms with Crippen molar-refractivity contribution in [1.82, 2.24) is 9.55 Å². The monoisotopic (exact) mass is 666 g/mol. The first-order chi connectivity index (χ1) is 21.3. The number of nitrogens with zero attached hydrogens (tertiary/aromatic N) is 1. The minimum Gasteiger partial charge on any atom is -0.408 e. The average molecular weight is 667 g/mol. The number of fused-ring (bicyclic) bond motifs is 3. The topological polar surface area (TPSA) is 112 Å². The minimum atomic E-state index is -2.47. The van der Waals surface area contributed by atoms with E-state index in [4.69, 9.17) is 18.3 Å². The molecule has 0 bridgehead atoms. The van der Waals surface area contributed by atoms with Crippen molar-refractivity contribution >= 4 is 16.6 Å². The Morgan fingerprint density at radius 3 is 1.76 bits per heavy atom. The second-order valence-electron chi connectivity index (χ2n) is 15.6. The van der Waals surface area contributed by atoms with Gasteiger partial charge in [-0.25, -0.2) is 4.79 Å². The molecule has 1 aromatic heterocycles. The number of aliphatic hydroxyl groups is 1. The van der Waals surface area contributed by atoms with Crippen LogP contribution in [0.4, 0.5) is 0 Å². The number of rotatable bonds is 8. The molecule has 0 unspecified atom stereocenters. The molecular weight excluding hydrogens is 617 g/mol. The first kappa shape index (κ1) is 34.7. The number of benzene rings is 2. The Kier molecular flexibility index (Phi) is 8.90. The molecule has 0 spiro atoms. The van der Waals surface area contributed by atoms with Gasteiger partial charge in [-0.1, -0.05) is 90.1 Å². The summed E-state index contributed by atoms with van der Waals surface area (Å²) in [5.74, 6) is 0. The van der Waals surface area contributed by atoms with E-state index >= 15 is 0 Å². The summed E-state index contributed by atoms with van der Waals surface area (Å²) >= 11 is 0. The van der Waals surface area contributed by atoms with Crippen molar-refractivity contribution in [3.63, 3.8) is 0 Å². The van der Waals surface area contributed by atoms with Gasteiger partial charge in [0.25, 0.3) is 5.56 Å². The Hall–Kier alpha value is -2.65. The van der Waals surface area contributed by atoms with E-state index in [1.165, 1.54) is 4.57 Å². The highest BCUT2D eigenvalue weighted by atomic mass is 28.4. The number of aromatic nitrogens is 2. The predicted octanol–water partition coefficient (Wildman–Crippen LogP) is 6.13. The van der Waals surface area contributed by atoms with Crippen LogP contribution in [0.2, 0.25) is 36.3 Å². The Balaban J connectivity index is 1.72. The molecule has 1 fully saturated rings. The predicted molar refractivity (Wildman–Crippen MR) is 185 cm³/mol. The molecular formula is C35H50N2O7Si2. The van der Waals surface area contributed by atoms with E-state index in [-0.39, 0.29) is 22.2 Å². The van der Waals surface area contributed by atoms with Crippen LogP contribution in [0.3, 0.4) is 0 Å². The van der Waals surface area contributed by atoms with Crippen LogP contribution in [-0.2, 0) is 23.9 Å². The SMILES string of the molecule is COC1(c2cn([C@@H]3O[C@H](CO)[C@@H](O[Si](C)(C)C(C)(C)C)[C@H]3O[Si](C)(C)C(C)(C)C)c(=O)[nH]c2=O)c2ccccc2-c2ccccc21. The normalized spacial score (nSPS) is 23.0. The molecule has 0 radical (unpaired) electrons. The fraction of sp³-hybridized carbons (Fsp3) is 0.543. The molecule has 250 valence electrons. The van der Waals surface area contributed by atoms with Gasteiger partial charge in [0.05, 0.1) is 12.2 Å². The van der Waals surface area contributed by atoms with Gasteiger partial charge in [-0.15, -0.1) is 0 Å². The number of ether oxygens (including phenoxy) is 2. The lowest BCUT2D eigenvalue weighted by molar-refractivity contribution is -0.0535. The van der Waals surface area contributed by atoms with Crippen molar-refractivity contribution < 1.29 is 23.4 Å². The highest BCUT2D eigenvalue weighted by Crippen LogP contribution is 2.52. The van der Waals surface area contributed by atoms with E-state index in [9.17, 15) is 14.7 Å². The summed E-state index contributed by atoms with van der Waals surface area (Å²) in [4.78, 5) is 30.2. The molecule has 5 rings (SSSR count). The molecule has 4 atom stereocenters. The Labute approximate surface area is 274 Å². The maximum absolute atomic E-state index is 13.8. The van der Waals surface area contributed by atoms with E-state index in [1.807, 2.05) is 48.5 Å². The fourth-order valence-corrected chi connectivity index (χ4v) is 8.73. The summed E-state index contributed by atoms with van der Waals surface area (Å²) in [5.41, 5.74) is 1.30. The van der Waals surface area contributed by atoms with Crippen LogP contribution in [0.5, 0.6) is 0 Å². The summed E-state index contributed by atoms with van der Waals surface area (Å²) < 4.78 is 28.3. The molecule has 3 aromatic rings. The van der Waals surface area contributed by atoms with Crippen molar-refractivity contribution in [2.75, 3.05) is 13.7 Å². The molecule has 2 N–H and O–H groups in total. The highest BCUT2D eigenvalue weighted by molar-refractivity contribution is 6.74. The molecule has 11 heteroatoms. The molecule has 1 saturated heterocycles. The van der Waals surface area contributed by atoms with Crippen molar-refractivity contribution in [1.29, 1.82) is 0 Å². The van der Waals surface area contributed by atoms with Gasteiger partial charge in [-0.2, -0.15) is 0 Å². The standard InChI is InChI=1S/C35H50N2O7Si2/c1-33(2,3)45(8,9)43-28-27(21-38)42-31(29(28)44-46(10,11)34(4,5)6)37-20-26(30(39)36-32(37)40)35(41-7)24-18-14-12-16-22(24)23-17-13-15-19-25(23)35/h12-20,27-29,31,38H,21H2,1-11H3,(H,36,39,40)/t27-,28-,29-,31-/m1/s1. The molecule has 2 aliphatic rings. The molecule has 0 amide bonds. The van der Waals surface area contributed by atoms with Crippen LogP contribution in [-0.4, -0.2) is 63.3 Å². The van der Waals surface area contributed by atoms with Gasteiger partial charge in [0.1, 0.15) is 18.3 Å². The van der Waals surface area contributed by atoms with E-state index in [2.05, 4.69) is 72.7 Å². The summed E-state index contributed by atoms with van der Waals surface area (Å²) in [6, 6.07) is 15.7. The van der Waals surface area contributed by atoms with Gasteiger partial charge >= 0.3 is 5.69 Å². The number of nitrogens with one attached hydrogen (secondary N) is 1. The first-order valence-corrected chi connectivity index (χ1v) is 21.8. The Bertz CT molecular complexity index is 1670. The van der Waals surface area contributed by atoms with Gasteiger partial charge in [0.15, 0.2) is 28.5 Å². The maximum atomic E-state index is 13.8. The third-order valence-corrected chi connectivity index (χ3v) is 19.7. The largest absolute Gasteiger partial charge is 0.408 e. The molecule has 1 aliphatic carbocycles. The van der Waals surface area contributed by atoms with Crippen molar-refractivity contribution in [3.8, 4) is 11.1 Å². The first-order valence-electron chi connectivity index (χ1n) is 16.0. The molecule has 2 heterocycles. The van der Waals surface area contributed by atoms with E-state index < -0.39 is 58.0 Å². The van der Waals surface area contributed by atoms with Gasteiger partial charge in [0.2, 0.25) is 0 Å². The lowest BCUT2D eigenvalue weighted by Gasteiger charge is -2.44. The number of methoxy groups -OCH3 is 1. The fourth-order valence-electron chi connectivity index (χ4n) is 6.12. The number of aromatic amines is 1. The van der Waals surface area contributed by atoms with Crippen molar-refractivity contribution in [2.45, 2.75) is 108 Å². The van der Waals surface area contributed by atoms with Crippen molar-refractivity contribution in [3.05, 3.63) is 92.3 Å². The van der Waals surface area contributed by atoms with Crippen LogP contribution in [0.25, 0.3) is 11.1 Å². The van der Waals surface area contributed by atoms with Gasteiger partial charge < -0.3 is 23.4 Å². The van der Waals surface area contributed by atoms with E-state index in [1.54, 1.807) is 13.3 Å². The third kappa shape index (κ3) is 5.53. The summed E-state index contributed by atoms with van der Waals surface area (Å²) in [7, 11) is -3.29. The summed E-state index contributed by atoms with van der Waals surface area (Å²) in [6.45, 7) is 21.2. The van der Waals surface area contributed by atoms with Crippen LogP contribution < -0.4 is 11.2 Å². The van der Waals surface area contributed by atoms with Crippen LogP contribution in [0.1, 0.15) is 64.5 Å². The number of aliphatic hydroxyl groups excluding tert-OH is 1. The molecule has 1 aliphatic heterocycles. The maximum Gasteiger partial charge on any atom is 0.330 e. The van der Waals surface area contributed by atoms with Crippen LogP contribution >= 0.6 is 0 Å². The van der Waals surface area contributed by atoms with E-state index in [0.29, 0.717) is 0 Å². The second kappa shape index (κ2) is 11.8. The lowest BCUT2D eigenvalue weighted by Crippen LogP contribution is -2.54. The zero-order chi connectivity index (χ0) is 34.0. The van der Waals surface area contributed by atoms with Gasteiger partial charge in [-0.05, 0) is 47.4 Å². The lowest BCUT2D eigenvalue weighted by atomic mass is 9.85. The molecule has 9 nitrogen and oxygen atoms in total. The quantitative estimate of drug-likeness (QED) is 0.279. The minimum absolute atomic E-state index is 0.122. The molecule has 46 heavy (non-hydrogen) atoms. The van der Waals surface area contributed by atoms with E-state index in [0.717, 1.165) is 22.3 Å². The zero-order valence-corrected chi connectivity index (χ0v) is 31.1. The van der Waals surface area contributed by atoms with Gasteiger partial charge in [-0.3, -0.25) is 14.3 Å². The number of H-pyrrole nitrogens is 1. The van der Waals surface area contributed by atoms with Gasteiger partial charge in [0, 0.05) is 24.4 Å². The summed E-state index contributed by atoms with van der Waals surface area (Å²) in [5, 5.41) is 10.3. The molecule has 2 aromatic carbocycles. The Morgan fingerprint density at radius 2 is 1.30 bits per heavy atom. The van der Waals surface area contributed by atoms with Crippen LogP contribution in [0.15, 0.2) is 64.3 Å². The van der Waals surface area contributed by atoms with Crippen LogP contribution in [0, 0.1) is 0 Å². The molecule has 0 saturated carbocycles. The Morgan fingerprint density at radius 1 is 0.826 bits per heavy atom. The third-order valence-electron chi connectivity index (χ3n) is 10.8.